The summed E-state index contributed by atoms with van der Waals surface area (Å²) in [5.74, 6) is -1.69. The number of carboxylic acids is 1. The van der Waals surface area contributed by atoms with Gasteiger partial charge in [0.25, 0.3) is 0 Å². The third-order valence-electron chi connectivity index (χ3n) is 8.73. The van der Waals surface area contributed by atoms with Crippen molar-refractivity contribution in [2.45, 2.75) is 58.0 Å². The second-order valence-electron chi connectivity index (χ2n) is 12.6. The van der Waals surface area contributed by atoms with E-state index in [0.717, 1.165) is 37.5 Å². The average Bonchev–Trinajstić information content (AvgIpc) is 3.12. The molecule has 5 rings (SSSR count). The first-order valence-corrected chi connectivity index (χ1v) is 17.2. The monoisotopic (exact) mass is 743 g/mol. The van der Waals surface area contributed by atoms with E-state index in [1.807, 2.05) is 6.92 Å². The molecule has 1 aliphatic rings. The van der Waals surface area contributed by atoms with Crippen LogP contribution in [0.1, 0.15) is 66.1 Å². The number of anilines is 3. The number of hydrogen-bond acceptors (Lipinski definition) is 6. The number of carbonyl (C=O) groups is 2. The molecule has 1 saturated heterocycles. The second kappa shape index (κ2) is 17.0. The standard InChI is InChI=1S/C39H39F6N3O5/c1-2-3-4-5-12-36(49)46-33-23-32(39(43,44)45)35(53-31-11-7-10-30(22-31)52-25-26-13-15-27(16-14-26)37(50)51)24-34(33)48-19-17-47(18-20-48)29-9-6-8-28(21-29)38(40,41)42/h6-11,13-16,21-24H,2-5,12,17-20,25H2,1H3,(H,46,49)(H,50,51). The van der Waals surface area contributed by atoms with Crippen LogP contribution in [0.4, 0.5) is 43.4 Å². The van der Waals surface area contributed by atoms with Crippen LogP contribution >= 0.6 is 0 Å². The number of carboxylic acid groups (broad SMARTS) is 1. The molecule has 4 aromatic rings. The number of carbonyl (C=O) groups excluding carboxylic acids is 1. The van der Waals surface area contributed by atoms with Crippen molar-refractivity contribution in [3.63, 3.8) is 0 Å². The maximum Gasteiger partial charge on any atom is 0.420 e. The number of halogens is 6. The van der Waals surface area contributed by atoms with E-state index in [1.54, 1.807) is 40.1 Å². The normalized spacial score (nSPS) is 13.5. The molecular formula is C39H39F6N3O5. The first-order valence-electron chi connectivity index (χ1n) is 17.2. The SMILES string of the molecule is CCCCCCC(=O)Nc1cc(C(F)(F)F)c(Oc2cccc(OCc3ccc(C(=O)O)cc3)c2)cc1N1CCN(c2cccc(C(F)(F)F)c2)CC1. The molecule has 0 atom stereocenters. The molecule has 1 fully saturated rings. The highest BCUT2D eigenvalue weighted by molar-refractivity contribution is 5.95. The smallest absolute Gasteiger partial charge is 0.420 e. The Kier molecular flexibility index (Phi) is 12.4. The molecule has 0 bridgehead atoms. The first kappa shape index (κ1) is 38.8. The Bertz CT molecular complexity index is 1870. The molecular weight excluding hydrogens is 704 g/mol. The highest BCUT2D eigenvalue weighted by Crippen LogP contribution is 2.44. The Morgan fingerprint density at radius 1 is 0.774 bits per heavy atom. The maximum absolute atomic E-state index is 14.6. The number of unbranched alkanes of at least 4 members (excludes halogenated alkanes) is 3. The maximum atomic E-state index is 14.6. The van der Waals surface area contributed by atoms with Gasteiger partial charge in [0, 0.05) is 50.4 Å². The third-order valence-corrected chi connectivity index (χ3v) is 8.73. The number of nitrogens with zero attached hydrogens (tertiary/aromatic N) is 2. The van der Waals surface area contributed by atoms with Crippen LogP contribution in [0, 0.1) is 0 Å². The van der Waals surface area contributed by atoms with Crippen molar-refractivity contribution in [3.05, 3.63) is 107 Å². The van der Waals surface area contributed by atoms with Gasteiger partial charge in [-0.2, -0.15) is 26.3 Å². The van der Waals surface area contributed by atoms with Crippen molar-refractivity contribution in [3.8, 4) is 17.2 Å². The van der Waals surface area contributed by atoms with Gasteiger partial charge in [0.2, 0.25) is 5.91 Å². The van der Waals surface area contributed by atoms with Gasteiger partial charge in [-0.15, -0.1) is 0 Å². The molecule has 1 heterocycles. The van der Waals surface area contributed by atoms with Gasteiger partial charge in [0.1, 0.15) is 29.4 Å². The predicted octanol–water partition coefficient (Wildman–Crippen LogP) is 10.0. The van der Waals surface area contributed by atoms with E-state index in [4.69, 9.17) is 14.6 Å². The molecule has 4 aromatic carbocycles. The van der Waals surface area contributed by atoms with Crippen LogP contribution in [0.15, 0.2) is 84.9 Å². The largest absolute Gasteiger partial charge is 0.489 e. The minimum atomic E-state index is -4.87. The van der Waals surface area contributed by atoms with Crippen molar-refractivity contribution in [2.75, 3.05) is 41.3 Å². The van der Waals surface area contributed by atoms with E-state index in [1.165, 1.54) is 36.4 Å². The van der Waals surface area contributed by atoms with Crippen LogP contribution in [0.3, 0.4) is 0 Å². The van der Waals surface area contributed by atoms with E-state index < -0.39 is 41.1 Å². The minimum absolute atomic E-state index is 0.0438. The number of ether oxygens (including phenoxy) is 2. The fourth-order valence-electron chi connectivity index (χ4n) is 5.91. The molecule has 0 unspecified atom stereocenters. The minimum Gasteiger partial charge on any atom is -0.489 e. The lowest BCUT2D eigenvalue weighted by Crippen LogP contribution is -2.46. The number of rotatable bonds is 14. The van der Waals surface area contributed by atoms with Crippen molar-refractivity contribution in [1.82, 2.24) is 0 Å². The summed E-state index contributed by atoms with van der Waals surface area (Å²) in [7, 11) is 0. The lowest BCUT2D eigenvalue weighted by atomic mass is 10.1. The first-order chi connectivity index (χ1) is 25.2. The molecule has 1 amide bonds. The second-order valence-corrected chi connectivity index (χ2v) is 12.6. The number of nitrogens with one attached hydrogen (secondary N) is 1. The fourth-order valence-corrected chi connectivity index (χ4v) is 5.91. The van der Waals surface area contributed by atoms with Gasteiger partial charge in [0.15, 0.2) is 0 Å². The zero-order valence-electron chi connectivity index (χ0n) is 28.9. The average molecular weight is 744 g/mol. The van der Waals surface area contributed by atoms with E-state index in [0.29, 0.717) is 17.7 Å². The van der Waals surface area contributed by atoms with Crippen LogP contribution in [0.25, 0.3) is 0 Å². The topological polar surface area (TPSA) is 91.3 Å². The van der Waals surface area contributed by atoms with Crippen LogP contribution in [-0.4, -0.2) is 43.2 Å². The lowest BCUT2D eigenvalue weighted by molar-refractivity contribution is -0.139. The van der Waals surface area contributed by atoms with Crippen molar-refractivity contribution in [1.29, 1.82) is 0 Å². The number of alkyl halides is 6. The summed E-state index contributed by atoms with van der Waals surface area (Å²) in [6.07, 6.45) is -6.01. The predicted molar refractivity (Wildman–Crippen MR) is 189 cm³/mol. The molecule has 0 aliphatic carbocycles. The van der Waals surface area contributed by atoms with Crippen LogP contribution in [0.2, 0.25) is 0 Å². The van der Waals surface area contributed by atoms with Gasteiger partial charge in [-0.05, 0) is 60.5 Å². The van der Waals surface area contributed by atoms with Crippen molar-refractivity contribution < 1.29 is 50.5 Å². The molecule has 0 aromatic heterocycles. The molecule has 1 aliphatic heterocycles. The van der Waals surface area contributed by atoms with E-state index in [2.05, 4.69) is 5.32 Å². The highest BCUT2D eigenvalue weighted by atomic mass is 19.4. The Morgan fingerprint density at radius 2 is 1.45 bits per heavy atom. The van der Waals surface area contributed by atoms with Crippen molar-refractivity contribution in [2.24, 2.45) is 0 Å². The summed E-state index contributed by atoms with van der Waals surface area (Å²) < 4.78 is 95.6. The molecule has 0 spiro atoms. The summed E-state index contributed by atoms with van der Waals surface area (Å²) >= 11 is 0. The number of hydrogen-bond donors (Lipinski definition) is 2. The molecule has 282 valence electrons. The van der Waals surface area contributed by atoms with E-state index in [-0.39, 0.29) is 67.6 Å². The Hall–Kier alpha value is -5.40. The summed E-state index contributed by atoms with van der Waals surface area (Å²) in [5.41, 5.74) is -0.527. The molecule has 8 nitrogen and oxygen atoms in total. The third kappa shape index (κ3) is 10.6. The zero-order chi connectivity index (χ0) is 38.2. The van der Waals surface area contributed by atoms with Gasteiger partial charge in [0.05, 0.1) is 22.5 Å². The Morgan fingerprint density at radius 3 is 2.11 bits per heavy atom. The quantitative estimate of drug-likeness (QED) is 0.0982. The van der Waals surface area contributed by atoms with Gasteiger partial charge >= 0.3 is 18.3 Å². The van der Waals surface area contributed by atoms with Gasteiger partial charge in [-0.25, -0.2) is 4.79 Å². The van der Waals surface area contributed by atoms with Crippen LogP contribution in [0.5, 0.6) is 17.2 Å². The Labute approximate surface area is 302 Å². The number of amides is 1. The van der Waals surface area contributed by atoms with Gasteiger partial charge < -0.3 is 29.7 Å². The molecule has 0 saturated carbocycles. The van der Waals surface area contributed by atoms with Crippen LogP contribution in [-0.2, 0) is 23.8 Å². The molecule has 14 heteroatoms. The van der Waals surface area contributed by atoms with E-state index in [9.17, 15) is 35.9 Å². The number of piperazine rings is 1. The van der Waals surface area contributed by atoms with Crippen LogP contribution < -0.4 is 24.6 Å². The summed E-state index contributed by atoms with van der Waals surface area (Å²) in [4.78, 5) is 27.6. The number of benzene rings is 4. The summed E-state index contributed by atoms with van der Waals surface area (Å²) in [5, 5.41) is 11.8. The summed E-state index contributed by atoms with van der Waals surface area (Å²) in [6, 6.07) is 19.1. The molecule has 53 heavy (non-hydrogen) atoms. The van der Waals surface area contributed by atoms with E-state index >= 15 is 0 Å². The Balaban J connectivity index is 1.41. The lowest BCUT2D eigenvalue weighted by Gasteiger charge is -2.38. The van der Waals surface area contributed by atoms with Gasteiger partial charge in [-0.1, -0.05) is 50.5 Å². The fraction of sp³-hybridized carbons (Fsp3) is 0.333. The number of aromatic carboxylic acids is 1. The zero-order valence-corrected chi connectivity index (χ0v) is 28.9. The summed E-state index contributed by atoms with van der Waals surface area (Å²) in [6.45, 7) is 3.08. The highest BCUT2D eigenvalue weighted by Gasteiger charge is 2.37. The van der Waals surface area contributed by atoms with Gasteiger partial charge in [-0.3, -0.25) is 4.79 Å². The van der Waals surface area contributed by atoms with Crippen molar-refractivity contribution >= 4 is 28.9 Å². The molecule has 2 N–H and O–H groups in total. The molecule has 0 radical (unpaired) electrons.